The van der Waals surface area contributed by atoms with Gasteiger partial charge in [0.15, 0.2) is 0 Å². The zero-order valence-electron chi connectivity index (χ0n) is 23.5. The first-order valence-corrected chi connectivity index (χ1v) is 14.5. The Morgan fingerprint density at radius 1 is 1.07 bits per heavy atom. The van der Waals surface area contributed by atoms with Gasteiger partial charge in [-0.1, -0.05) is 29.4 Å². The third kappa shape index (κ3) is 7.02. The lowest BCUT2D eigenvalue weighted by molar-refractivity contribution is 0.0589. The number of sulfonamides is 1. The van der Waals surface area contributed by atoms with Gasteiger partial charge >= 0.3 is 5.69 Å². The number of nitrogens with zero attached hydrogens (tertiary/aromatic N) is 4. The first-order chi connectivity index (χ1) is 19.8. The lowest BCUT2D eigenvalue weighted by Crippen LogP contribution is -2.36. The average molecular weight is 590 g/mol. The minimum Gasteiger partial charge on any atom is -0.382 e. The Bertz CT molecular complexity index is 1520. The van der Waals surface area contributed by atoms with E-state index in [0.717, 1.165) is 4.31 Å². The van der Waals surface area contributed by atoms with Crippen LogP contribution in [0.5, 0.6) is 0 Å². The Hall–Kier alpha value is -3.56. The van der Waals surface area contributed by atoms with Crippen LogP contribution in [0.2, 0.25) is 0 Å². The number of allylic oxidation sites excluding steroid dienone is 2. The second-order valence-corrected chi connectivity index (χ2v) is 11.2. The number of benzene rings is 1. The summed E-state index contributed by atoms with van der Waals surface area (Å²) >= 11 is 0. The Kier molecular flexibility index (Phi) is 10.3. The fourth-order valence-corrected chi connectivity index (χ4v) is 5.91. The van der Waals surface area contributed by atoms with Crippen LogP contribution in [0.4, 0.5) is 5.88 Å². The third-order valence-corrected chi connectivity index (χ3v) is 8.35. The van der Waals surface area contributed by atoms with Gasteiger partial charge in [0.2, 0.25) is 5.88 Å². The van der Waals surface area contributed by atoms with Gasteiger partial charge in [-0.3, -0.25) is 4.98 Å². The lowest BCUT2D eigenvalue weighted by Gasteiger charge is -2.28. The number of methoxy groups -OCH3 is 2. The smallest absolute Gasteiger partial charge is 0.347 e. The van der Waals surface area contributed by atoms with Crippen molar-refractivity contribution in [2.45, 2.75) is 20.3 Å². The molecule has 0 bridgehead atoms. The fourth-order valence-electron chi connectivity index (χ4n) is 4.22. The zero-order chi connectivity index (χ0) is 29.4. The summed E-state index contributed by atoms with van der Waals surface area (Å²) < 4.78 is 58.1. The molecule has 41 heavy (non-hydrogen) atoms. The molecule has 222 valence electrons. The molecule has 0 aliphatic heterocycles. The van der Waals surface area contributed by atoms with Crippen LogP contribution in [-0.2, 0) is 29.0 Å². The number of nitrogens with one attached hydrogen (secondary N) is 1. The molecule has 1 aliphatic rings. The van der Waals surface area contributed by atoms with Gasteiger partial charge in [0, 0.05) is 25.7 Å². The van der Waals surface area contributed by atoms with Gasteiger partial charge < -0.3 is 23.5 Å². The molecule has 1 unspecified atom stereocenters. The Labute approximate surface area is 238 Å². The van der Waals surface area contributed by atoms with E-state index in [1.807, 2.05) is 6.08 Å². The van der Waals surface area contributed by atoms with E-state index in [4.69, 9.17) is 23.5 Å². The minimum absolute atomic E-state index is 0.0758. The molecule has 0 fully saturated rings. The highest BCUT2D eigenvalue weighted by Gasteiger charge is 2.36. The number of rotatable bonds is 15. The largest absolute Gasteiger partial charge is 0.382 e. The highest BCUT2D eigenvalue weighted by atomic mass is 32.2. The summed E-state index contributed by atoms with van der Waals surface area (Å²) in [7, 11) is -1.10. The molecule has 0 amide bonds. The maximum Gasteiger partial charge on any atom is 0.347 e. The standard InChI is InChI=1S/C27H35N5O8S/c1-19-20(2)30-40-26(19)31(18-39-14-12-37-4)41(34,35)25-15-21(16-38-13-11-36-3)5-10-24(25)22-6-8-23(9-7-22)32-27(33)28-17-29-32/h6-10,15,17,21H,5,11-14,16,18H2,1-4H3,(H,28,29,33). The average Bonchev–Trinajstić information content (AvgIpc) is 3.55. The van der Waals surface area contributed by atoms with Crippen molar-refractivity contribution in [1.29, 1.82) is 0 Å². The van der Waals surface area contributed by atoms with Gasteiger partial charge in [-0.05, 0) is 43.5 Å². The van der Waals surface area contributed by atoms with Crippen molar-refractivity contribution in [2.24, 2.45) is 5.92 Å². The van der Waals surface area contributed by atoms with E-state index in [0.29, 0.717) is 60.9 Å². The number of hydrogen-bond donors (Lipinski definition) is 1. The maximum absolute atomic E-state index is 14.4. The predicted octanol–water partition coefficient (Wildman–Crippen LogP) is 2.57. The maximum atomic E-state index is 14.4. The van der Waals surface area contributed by atoms with Crippen molar-refractivity contribution < 1.29 is 31.9 Å². The normalized spacial score (nSPS) is 15.6. The number of aryl methyl sites for hydroxylation is 1. The van der Waals surface area contributed by atoms with Crippen molar-refractivity contribution in [2.75, 3.05) is 58.3 Å². The number of aromatic amines is 1. The first kappa shape index (κ1) is 30.4. The van der Waals surface area contributed by atoms with Crippen molar-refractivity contribution in [1.82, 2.24) is 19.9 Å². The van der Waals surface area contributed by atoms with Crippen LogP contribution in [0, 0.1) is 19.8 Å². The van der Waals surface area contributed by atoms with E-state index in [-0.39, 0.29) is 35.7 Å². The Morgan fingerprint density at radius 2 is 1.78 bits per heavy atom. The van der Waals surface area contributed by atoms with Crippen molar-refractivity contribution in [3.05, 3.63) is 75.0 Å². The summed E-state index contributed by atoms with van der Waals surface area (Å²) in [5.74, 6) is -0.122. The van der Waals surface area contributed by atoms with Crippen LogP contribution in [0.3, 0.4) is 0 Å². The van der Waals surface area contributed by atoms with Gasteiger partial charge in [-0.25, -0.2) is 17.5 Å². The number of hydrogen-bond acceptors (Lipinski definition) is 10. The highest BCUT2D eigenvalue weighted by molar-refractivity contribution is 7.97. The molecule has 1 atom stereocenters. The van der Waals surface area contributed by atoms with Gasteiger partial charge in [0.05, 0.1) is 49.3 Å². The van der Waals surface area contributed by atoms with Gasteiger partial charge in [-0.15, -0.1) is 0 Å². The van der Waals surface area contributed by atoms with E-state index < -0.39 is 10.0 Å². The molecule has 3 aromatic rings. The predicted molar refractivity (Wildman–Crippen MR) is 151 cm³/mol. The van der Waals surface area contributed by atoms with E-state index in [1.165, 1.54) is 18.1 Å². The molecule has 0 radical (unpaired) electrons. The van der Waals surface area contributed by atoms with Gasteiger partial charge in [0.1, 0.15) is 13.1 Å². The van der Waals surface area contributed by atoms with Gasteiger partial charge in [-0.2, -0.15) is 9.78 Å². The molecule has 2 aromatic heterocycles. The molecule has 2 heterocycles. The van der Waals surface area contributed by atoms with Crippen LogP contribution in [0.25, 0.3) is 11.3 Å². The van der Waals surface area contributed by atoms with Crippen molar-refractivity contribution in [3.63, 3.8) is 0 Å². The van der Waals surface area contributed by atoms with Crippen LogP contribution in [0.15, 0.2) is 57.0 Å². The van der Waals surface area contributed by atoms with Gasteiger partial charge in [0.25, 0.3) is 10.0 Å². The van der Waals surface area contributed by atoms with E-state index in [1.54, 1.807) is 51.3 Å². The summed E-state index contributed by atoms with van der Waals surface area (Å²) in [5, 5.41) is 7.97. The summed E-state index contributed by atoms with van der Waals surface area (Å²) in [6.07, 6.45) is 5.46. The van der Waals surface area contributed by atoms with Crippen LogP contribution >= 0.6 is 0 Å². The van der Waals surface area contributed by atoms with Crippen LogP contribution in [0.1, 0.15) is 23.2 Å². The highest BCUT2D eigenvalue weighted by Crippen LogP contribution is 2.38. The first-order valence-electron chi connectivity index (χ1n) is 13.0. The molecule has 0 saturated carbocycles. The summed E-state index contributed by atoms with van der Waals surface area (Å²) in [5.41, 5.74) is 2.47. The topological polar surface area (TPSA) is 151 Å². The summed E-state index contributed by atoms with van der Waals surface area (Å²) in [6.45, 7) is 4.80. The Morgan fingerprint density at radius 3 is 2.39 bits per heavy atom. The molecule has 1 aromatic carbocycles. The molecular weight excluding hydrogens is 554 g/mol. The summed E-state index contributed by atoms with van der Waals surface area (Å²) in [4.78, 5) is 14.6. The molecule has 4 rings (SSSR count). The molecular formula is C27H35N5O8S. The molecule has 1 aliphatic carbocycles. The Balaban J connectivity index is 1.72. The van der Waals surface area contributed by atoms with Crippen molar-refractivity contribution >= 4 is 21.5 Å². The molecule has 14 heteroatoms. The molecule has 0 spiro atoms. The van der Waals surface area contributed by atoms with E-state index in [9.17, 15) is 13.2 Å². The quantitative estimate of drug-likeness (QED) is 0.207. The monoisotopic (exact) mass is 589 g/mol. The fraction of sp³-hybridized carbons (Fsp3) is 0.444. The molecule has 13 nitrogen and oxygen atoms in total. The molecule has 0 saturated heterocycles. The number of ether oxygens (including phenoxy) is 4. The summed E-state index contributed by atoms with van der Waals surface area (Å²) in [6, 6.07) is 6.92. The second-order valence-electron chi connectivity index (χ2n) is 9.35. The van der Waals surface area contributed by atoms with E-state index in [2.05, 4.69) is 15.2 Å². The zero-order valence-corrected chi connectivity index (χ0v) is 24.3. The number of anilines is 1. The lowest BCUT2D eigenvalue weighted by atomic mass is 9.93. The SMILES string of the molecule is COCCOCC1C=C(S(=O)(=O)N(COCCOC)c2onc(C)c2C)C(c2ccc(-n3nc[nH]c3=O)cc2)=CC1. The van der Waals surface area contributed by atoms with Crippen LogP contribution < -0.4 is 9.99 Å². The van der Waals surface area contributed by atoms with Crippen molar-refractivity contribution in [3.8, 4) is 5.69 Å². The second kappa shape index (κ2) is 13.9. The number of H-pyrrole nitrogens is 1. The molecule has 1 N–H and O–H groups in total. The number of aromatic nitrogens is 4. The third-order valence-electron chi connectivity index (χ3n) is 6.58. The van der Waals surface area contributed by atoms with Crippen LogP contribution in [-0.4, -0.2) is 82.3 Å². The van der Waals surface area contributed by atoms with E-state index >= 15 is 0 Å². The minimum atomic E-state index is -4.23.